The fourth-order valence-corrected chi connectivity index (χ4v) is 4.58. The molecule has 0 radical (unpaired) electrons. The zero-order valence-electron chi connectivity index (χ0n) is 10.1. The van der Waals surface area contributed by atoms with Crippen LogP contribution in [0.25, 0.3) is 0 Å². The zero-order valence-corrected chi connectivity index (χ0v) is 13.2. The van der Waals surface area contributed by atoms with Gasteiger partial charge in [0, 0.05) is 23.3 Å². The highest BCUT2D eigenvalue weighted by atomic mass is 79.9. The smallest absolute Gasteiger partial charge is 0.246 e. The van der Waals surface area contributed by atoms with Gasteiger partial charge < -0.3 is 5.11 Å². The van der Waals surface area contributed by atoms with Gasteiger partial charge in [-0.15, -0.1) is 0 Å². The Hall–Kier alpha value is -0.210. The van der Waals surface area contributed by atoms with Crippen molar-refractivity contribution in [1.29, 1.82) is 0 Å². The molecule has 1 aliphatic rings. The molecule has 2 rings (SSSR count). The summed E-state index contributed by atoms with van der Waals surface area (Å²) in [6.07, 6.45) is 4.09. The number of aliphatic hydroxyl groups excluding tert-OH is 1. The van der Waals surface area contributed by atoms with Gasteiger partial charge in [0.1, 0.15) is 10.0 Å². The van der Waals surface area contributed by atoms with E-state index in [1.54, 1.807) is 0 Å². The average molecular weight is 370 g/mol. The lowest BCUT2D eigenvalue weighted by molar-refractivity contribution is 0.178. The Bertz CT molecular complexity index is 563. The molecule has 0 atom stereocenters. The number of hydrogen-bond acceptors (Lipinski definition) is 4. The van der Waals surface area contributed by atoms with Gasteiger partial charge in [0.15, 0.2) is 0 Å². The summed E-state index contributed by atoms with van der Waals surface area (Å²) in [5.41, 5.74) is 0. The van der Waals surface area contributed by atoms with E-state index in [4.69, 9.17) is 16.7 Å². The molecule has 0 bridgehead atoms. The Kier molecular flexibility index (Phi) is 4.84. The summed E-state index contributed by atoms with van der Waals surface area (Å²) in [6, 6.07) is 1.39. The van der Waals surface area contributed by atoms with Gasteiger partial charge in [-0.25, -0.2) is 13.4 Å². The zero-order chi connectivity index (χ0) is 14.0. The van der Waals surface area contributed by atoms with Gasteiger partial charge in [0.05, 0.1) is 6.61 Å². The molecule has 0 saturated heterocycles. The van der Waals surface area contributed by atoms with Crippen LogP contribution in [0.2, 0.25) is 5.15 Å². The maximum absolute atomic E-state index is 12.6. The summed E-state index contributed by atoms with van der Waals surface area (Å²) in [7, 11) is -3.73. The van der Waals surface area contributed by atoms with Crippen LogP contribution in [0.3, 0.4) is 0 Å². The fraction of sp³-hybridized carbons (Fsp3) is 0.545. The minimum absolute atomic E-state index is 0.0242. The van der Waals surface area contributed by atoms with E-state index in [2.05, 4.69) is 20.9 Å². The van der Waals surface area contributed by atoms with E-state index in [0.717, 1.165) is 19.3 Å². The monoisotopic (exact) mass is 368 g/mol. The third-order valence-corrected chi connectivity index (χ3v) is 5.97. The van der Waals surface area contributed by atoms with Gasteiger partial charge in [0.2, 0.25) is 10.0 Å². The second kappa shape index (κ2) is 6.05. The number of sulfonamides is 1. The number of pyridine rings is 1. The van der Waals surface area contributed by atoms with E-state index >= 15 is 0 Å². The Morgan fingerprint density at radius 2 is 2.21 bits per heavy atom. The lowest BCUT2D eigenvalue weighted by Gasteiger charge is -2.36. The molecule has 8 heteroatoms. The van der Waals surface area contributed by atoms with Crippen LogP contribution in [-0.2, 0) is 10.0 Å². The van der Waals surface area contributed by atoms with Crippen LogP contribution in [0.1, 0.15) is 19.3 Å². The first-order valence-corrected chi connectivity index (χ1v) is 8.51. The van der Waals surface area contributed by atoms with Crippen LogP contribution >= 0.6 is 27.5 Å². The van der Waals surface area contributed by atoms with Gasteiger partial charge >= 0.3 is 0 Å². The van der Waals surface area contributed by atoms with Crippen molar-refractivity contribution in [3.05, 3.63) is 21.9 Å². The highest BCUT2D eigenvalue weighted by Gasteiger charge is 2.35. The molecule has 1 N–H and O–H groups in total. The van der Waals surface area contributed by atoms with Gasteiger partial charge in [-0.2, -0.15) is 4.31 Å². The van der Waals surface area contributed by atoms with Crippen molar-refractivity contribution in [1.82, 2.24) is 9.29 Å². The van der Waals surface area contributed by atoms with Crippen molar-refractivity contribution in [2.45, 2.75) is 30.2 Å². The van der Waals surface area contributed by atoms with Crippen molar-refractivity contribution in [2.24, 2.45) is 0 Å². The van der Waals surface area contributed by atoms with E-state index in [0.29, 0.717) is 4.47 Å². The second-order valence-electron chi connectivity index (χ2n) is 4.37. The lowest BCUT2D eigenvalue weighted by atomic mass is 9.93. The molecular weight excluding hydrogens is 356 g/mol. The summed E-state index contributed by atoms with van der Waals surface area (Å²) in [5, 5.41) is 9.02. The molecule has 1 fully saturated rings. The minimum Gasteiger partial charge on any atom is -0.395 e. The molecule has 106 valence electrons. The van der Waals surface area contributed by atoms with Crippen LogP contribution in [0.15, 0.2) is 21.6 Å². The molecule has 19 heavy (non-hydrogen) atoms. The molecule has 1 saturated carbocycles. The Morgan fingerprint density at radius 3 is 2.74 bits per heavy atom. The summed E-state index contributed by atoms with van der Waals surface area (Å²) < 4.78 is 27.1. The van der Waals surface area contributed by atoms with Crippen molar-refractivity contribution >= 4 is 37.6 Å². The van der Waals surface area contributed by atoms with Gasteiger partial charge in [0.25, 0.3) is 0 Å². The molecule has 5 nitrogen and oxygen atoms in total. The molecule has 1 aromatic rings. The summed E-state index contributed by atoms with van der Waals surface area (Å²) >= 11 is 9.08. The topological polar surface area (TPSA) is 70.5 Å². The highest BCUT2D eigenvalue weighted by Crippen LogP contribution is 2.32. The summed E-state index contributed by atoms with van der Waals surface area (Å²) in [5.74, 6) is 0. The molecule has 0 spiro atoms. The van der Waals surface area contributed by atoms with Crippen molar-refractivity contribution in [3.63, 3.8) is 0 Å². The van der Waals surface area contributed by atoms with E-state index in [1.807, 2.05) is 0 Å². The largest absolute Gasteiger partial charge is 0.395 e. The van der Waals surface area contributed by atoms with Crippen LogP contribution in [-0.4, -0.2) is 42.0 Å². The van der Waals surface area contributed by atoms with Crippen LogP contribution in [0.5, 0.6) is 0 Å². The number of aliphatic hydroxyl groups is 1. The molecule has 1 aromatic heterocycles. The third-order valence-electron chi connectivity index (χ3n) is 3.16. The van der Waals surface area contributed by atoms with Gasteiger partial charge in [-0.1, -0.05) is 18.0 Å². The van der Waals surface area contributed by atoms with Gasteiger partial charge in [-0.3, -0.25) is 0 Å². The lowest BCUT2D eigenvalue weighted by Crippen LogP contribution is -2.45. The Morgan fingerprint density at radius 1 is 1.53 bits per heavy atom. The normalized spacial score (nSPS) is 16.6. The van der Waals surface area contributed by atoms with Crippen LogP contribution < -0.4 is 0 Å². The van der Waals surface area contributed by atoms with E-state index < -0.39 is 10.0 Å². The standard InChI is InChI=1S/C11H14BrClN2O3S/c12-8-6-10(11(13)14-7-8)19(17,18)15(4-5-16)9-2-1-3-9/h6-7,9,16H,1-5H2. The number of halogens is 2. The predicted molar refractivity (Wildman–Crippen MR) is 75.6 cm³/mol. The maximum atomic E-state index is 12.6. The molecular formula is C11H14BrClN2O3S. The second-order valence-corrected chi connectivity index (χ2v) is 7.50. The number of rotatable bonds is 5. The quantitative estimate of drug-likeness (QED) is 0.806. The van der Waals surface area contributed by atoms with Crippen molar-refractivity contribution in [3.8, 4) is 0 Å². The number of aromatic nitrogens is 1. The summed E-state index contributed by atoms with van der Waals surface area (Å²) in [4.78, 5) is 3.82. The Balaban J connectivity index is 2.40. The van der Waals surface area contributed by atoms with E-state index in [9.17, 15) is 8.42 Å². The molecule has 0 amide bonds. The third kappa shape index (κ3) is 3.11. The maximum Gasteiger partial charge on any atom is 0.246 e. The first-order chi connectivity index (χ1) is 8.96. The van der Waals surface area contributed by atoms with Crippen molar-refractivity contribution in [2.75, 3.05) is 13.2 Å². The molecule has 0 aliphatic heterocycles. The Labute approximate surface area is 125 Å². The molecule has 1 heterocycles. The highest BCUT2D eigenvalue weighted by molar-refractivity contribution is 9.10. The summed E-state index contributed by atoms with van der Waals surface area (Å²) in [6.45, 7) is -0.134. The number of hydrogen-bond donors (Lipinski definition) is 1. The van der Waals surface area contributed by atoms with Crippen LogP contribution in [0, 0.1) is 0 Å². The minimum atomic E-state index is -3.73. The molecule has 0 unspecified atom stereocenters. The fourth-order valence-electron chi connectivity index (χ4n) is 1.98. The first-order valence-electron chi connectivity index (χ1n) is 5.90. The molecule has 0 aromatic carbocycles. The average Bonchev–Trinajstić information content (AvgIpc) is 2.29. The van der Waals surface area contributed by atoms with Crippen LogP contribution in [0.4, 0.5) is 0 Å². The van der Waals surface area contributed by atoms with E-state index in [1.165, 1.54) is 16.6 Å². The van der Waals surface area contributed by atoms with Crippen molar-refractivity contribution < 1.29 is 13.5 Å². The first kappa shape index (κ1) is 15.2. The SMILES string of the molecule is O=S(=O)(c1cc(Br)cnc1Cl)N(CCO)C1CCC1. The van der Waals surface area contributed by atoms with Gasteiger partial charge in [-0.05, 0) is 34.8 Å². The van der Waals surface area contributed by atoms with E-state index in [-0.39, 0.29) is 29.2 Å². The predicted octanol–water partition coefficient (Wildman–Crippen LogP) is 2.03. The molecule has 1 aliphatic carbocycles. The number of nitrogens with zero attached hydrogens (tertiary/aromatic N) is 2.